The molecule has 2 nitrogen and oxygen atoms in total. The second-order valence-electron chi connectivity index (χ2n) is 5.23. The van der Waals surface area contributed by atoms with Gasteiger partial charge in [-0.3, -0.25) is 0 Å². The molecule has 1 heterocycles. The van der Waals surface area contributed by atoms with Crippen molar-refractivity contribution in [3.05, 3.63) is 0 Å². The number of rotatable bonds is 10. The Labute approximate surface area is 114 Å². The average molecular weight is 258 g/mol. The van der Waals surface area contributed by atoms with Crippen LogP contribution in [0.4, 0.5) is 0 Å². The lowest BCUT2D eigenvalue weighted by atomic mass is 10.1. The molecule has 0 aromatic rings. The lowest BCUT2D eigenvalue weighted by Crippen LogP contribution is -1.84. The van der Waals surface area contributed by atoms with Gasteiger partial charge in [-0.15, -0.1) is 0 Å². The zero-order valence-corrected chi connectivity index (χ0v) is 12.5. The minimum Gasteiger partial charge on any atom is -0.396 e. The fraction of sp³-hybridized carbons (Fsp3) is 1.00. The largest absolute Gasteiger partial charge is 0.396 e. The number of unbranched alkanes of at least 4 members (excludes halogenated alkanes) is 9. The van der Waals surface area contributed by atoms with Crippen molar-refractivity contribution in [2.24, 2.45) is 0 Å². The minimum atomic E-state index is 0.372. The summed E-state index contributed by atoms with van der Waals surface area (Å²) in [5.74, 6) is 0. The molecule has 0 bridgehead atoms. The molecule has 18 heavy (non-hydrogen) atoms. The summed E-state index contributed by atoms with van der Waals surface area (Å²) < 4.78 is 4.94. The molecule has 1 aliphatic heterocycles. The summed E-state index contributed by atoms with van der Waals surface area (Å²) >= 11 is 0. The van der Waals surface area contributed by atoms with Gasteiger partial charge in [-0.05, 0) is 19.3 Å². The SMILES string of the molecule is C1CCOC1.CCCCCCCCCCCCO. The number of hydrogen-bond donors (Lipinski definition) is 1. The van der Waals surface area contributed by atoms with Gasteiger partial charge in [0.05, 0.1) is 0 Å². The first-order valence-corrected chi connectivity index (χ1v) is 8.10. The first kappa shape index (κ1) is 17.9. The predicted octanol–water partition coefficient (Wildman–Crippen LogP) is 4.70. The molecule has 0 aromatic carbocycles. The van der Waals surface area contributed by atoms with E-state index in [9.17, 15) is 0 Å². The van der Waals surface area contributed by atoms with Crippen molar-refractivity contribution in [3.63, 3.8) is 0 Å². The number of hydrogen-bond acceptors (Lipinski definition) is 2. The van der Waals surface area contributed by atoms with Crippen LogP contribution in [-0.2, 0) is 4.74 Å². The molecule has 1 saturated heterocycles. The van der Waals surface area contributed by atoms with Crippen LogP contribution in [0.2, 0.25) is 0 Å². The first-order chi connectivity index (χ1) is 8.91. The van der Waals surface area contributed by atoms with Crippen LogP contribution in [0.3, 0.4) is 0 Å². The van der Waals surface area contributed by atoms with Crippen LogP contribution in [0, 0.1) is 0 Å². The highest BCUT2D eigenvalue weighted by Crippen LogP contribution is 2.09. The Bertz CT molecular complexity index is 115. The van der Waals surface area contributed by atoms with E-state index < -0.39 is 0 Å². The molecule has 0 spiro atoms. The van der Waals surface area contributed by atoms with Gasteiger partial charge >= 0.3 is 0 Å². The molecular formula is C16H34O2. The lowest BCUT2D eigenvalue weighted by Gasteiger charge is -2.00. The van der Waals surface area contributed by atoms with Crippen LogP contribution in [0.25, 0.3) is 0 Å². The van der Waals surface area contributed by atoms with Crippen molar-refractivity contribution >= 4 is 0 Å². The second-order valence-corrected chi connectivity index (χ2v) is 5.23. The molecule has 2 heteroatoms. The van der Waals surface area contributed by atoms with Crippen LogP contribution in [0.1, 0.15) is 84.0 Å². The molecule has 1 aliphatic rings. The third kappa shape index (κ3) is 15.9. The van der Waals surface area contributed by atoms with Crippen LogP contribution < -0.4 is 0 Å². The molecule has 1 fully saturated rings. The number of aliphatic hydroxyl groups is 1. The highest BCUT2D eigenvalue weighted by Gasteiger charge is 1.94. The standard InChI is InChI=1S/C12H26O.C4H8O/c1-2-3-4-5-6-7-8-9-10-11-12-13;1-2-4-5-3-1/h13H,2-12H2,1H3;1-4H2. The summed E-state index contributed by atoms with van der Waals surface area (Å²) in [6.07, 6.45) is 15.9. The van der Waals surface area contributed by atoms with Crippen molar-refractivity contribution in [1.29, 1.82) is 0 Å². The van der Waals surface area contributed by atoms with E-state index in [1.807, 2.05) is 0 Å². The summed E-state index contributed by atoms with van der Waals surface area (Å²) in [5.41, 5.74) is 0. The predicted molar refractivity (Wildman–Crippen MR) is 79.0 cm³/mol. The van der Waals surface area contributed by atoms with E-state index in [1.54, 1.807) is 0 Å². The maximum Gasteiger partial charge on any atom is 0.0466 e. The highest BCUT2D eigenvalue weighted by atomic mass is 16.5. The fourth-order valence-corrected chi connectivity index (χ4v) is 2.11. The molecule has 0 saturated carbocycles. The molecule has 110 valence electrons. The normalized spacial score (nSPS) is 14.3. The van der Waals surface area contributed by atoms with E-state index in [0.717, 1.165) is 19.6 Å². The van der Waals surface area contributed by atoms with E-state index in [1.165, 1.54) is 70.6 Å². The van der Waals surface area contributed by atoms with Gasteiger partial charge in [0.1, 0.15) is 0 Å². The maximum absolute atomic E-state index is 8.57. The van der Waals surface area contributed by atoms with Crippen LogP contribution in [-0.4, -0.2) is 24.9 Å². The van der Waals surface area contributed by atoms with Gasteiger partial charge < -0.3 is 9.84 Å². The zero-order chi connectivity index (χ0) is 13.3. The Balaban J connectivity index is 0.000000473. The van der Waals surface area contributed by atoms with Crippen molar-refractivity contribution in [2.45, 2.75) is 84.0 Å². The van der Waals surface area contributed by atoms with Crippen LogP contribution in [0.15, 0.2) is 0 Å². The zero-order valence-electron chi connectivity index (χ0n) is 12.5. The molecular weight excluding hydrogens is 224 g/mol. The Morgan fingerprint density at radius 1 is 0.722 bits per heavy atom. The molecule has 0 amide bonds. The molecule has 1 N–H and O–H groups in total. The summed E-state index contributed by atoms with van der Waals surface area (Å²) in [7, 11) is 0. The van der Waals surface area contributed by atoms with Crippen LogP contribution in [0.5, 0.6) is 0 Å². The number of aliphatic hydroxyl groups excluding tert-OH is 1. The first-order valence-electron chi connectivity index (χ1n) is 8.10. The molecule has 0 radical (unpaired) electrons. The number of ether oxygens (including phenoxy) is 1. The average Bonchev–Trinajstić information content (AvgIpc) is 2.96. The monoisotopic (exact) mass is 258 g/mol. The molecule has 0 unspecified atom stereocenters. The highest BCUT2D eigenvalue weighted by molar-refractivity contribution is 4.46. The molecule has 0 atom stereocenters. The Hall–Kier alpha value is -0.0800. The second kappa shape index (κ2) is 16.9. The van der Waals surface area contributed by atoms with Gasteiger partial charge in [0.2, 0.25) is 0 Å². The molecule has 0 aromatic heterocycles. The fourth-order valence-electron chi connectivity index (χ4n) is 2.11. The Morgan fingerprint density at radius 2 is 1.17 bits per heavy atom. The van der Waals surface area contributed by atoms with E-state index in [2.05, 4.69) is 6.92 Å². The van der Waals surface area contributed by atoms with Crippen molar-refractivity contribution in [2.75, 3.05) is 19.8 Å². The van der Waals surface area contributed by atoms with E-state index in [0.29, 0.717) is 6.61 Å². The van der Waals surface area contributed by atoms with Gasteiger partial charge in [-0.2, -0.15) is 0 Å². The van der Waals surface area contributed by atoms with Gasteiger partial charge in [0.25, 0.3) is 0 Å². The Morgan fingerprint density at radius 3 is 1.50 bits per heavy atom. The van der Waals surface area contributed by atoms with Crippen molar-refractivity contribution in [3.8, 4) is 0 Å². The molecule has 0 aliphatic carbocycles. The quantitative estimate of drug-likeness (QED) is 0.576. The summed E-state index contributed by atoms with van der Waals surface area (Å²) in [6, 6.07) is 0. The maximum atomic E-state index is 8.57. The van der Waals surface area contributed by atoms with Gasteiger partial charge in [0.15, 0.2) is 0 Å². The van der Waals surface area contributed by atoms with Crippen LogP contribution >= 0.6 is 0 Å². The van der Waals surface area contributed by atoms with E-state index >= 15 is 0 Å². The minimum absolute atomic E-state index is 0.372. The van der Waals surface area contributed by atoms with Gasteiger partial charge in [0, 0.05) is 19.8 Å². The van der Waals surface area contributed by atoms with Crippen molar-refractivity contribution in [1.82, 2.24) is 0 Å². The third-order valence-electron chi connectivity index (χ3n) is 3.34. The third-order valence-corrected chi connectivity index (χ3v) is 3.34. The Kier molecular flexibility index (Phi) is 16.8. The topological polar surface area (TPSA) is 29.5 Å². The lowest BCUT2D eigenvalue weighted by molar-refractivity contribution is 0.198. The van der Waals surface area contributed by atoms with E-state index in [4.69, 9.17) is 9.84 Å². The summed E-state index contributed by atoms with van der Waals surface area (Å²) in [4.78, 5) is 0. The summed E-state index contributed by atoms with van der Waals surface area (Å²) in [6.45, 7) is 4.63. The van der Waals surface area contributed by atoms with Crippen molar-refractivity contribution < 1.29 is 9.84 Å². The van der Waals surface area contributed by atoms with Gasteiger partial charge in [-0.25, -0.2) is 0 Å². The molecule has 1 rings (SSSR count). The smallest absolute Gasteiger partial charge is 0.0466 e. The van der Waals surface area contributed by atoms with Gasteiger partial charge in [-0.1, -0.05) is 64.7 Å². The summed E-state index contributed by atoms with van der Waals surface area (Å²) in [5, 5.41) is 8.57. The van der Waals surface area contributed by atoms with E-state index in [-0.39, 0.29) is 0 Å².